The van der Waals surface area contributed by atoms with Crippen molar-refractivity contribution in [3.8, 4) is 18.2 Å². The Morgan fingerprint density at radius 2 is 2.15 bits per heavy atom. The molecule has 3 atom stereocenters. The monoisotopic (exact) mass is 484 g/mol. The van der Waals surface area contributed by atoms with Gasteiger partial charge in [-0.15, -0.1) is 6.42 Å². The van der Waals surface area contributed by atoms with Crippen LogP contribution in [0.2, 0.25) is 0 Å². The van der Waals surface area contributed by atoms with Crippen molar-refractivity contribution in [2.45, 2.75) is 36.5 Å². The molecular weight excluding hydrogens is 465 g/mol. The lowest BCUT2D eigenvalue weighted by molar-refractivity contribution is 0.123. The average molecular weight is 485 g/mol. The maximum Gasteiger partial charge on any atom is 0.253 e. The van der Waals surface area contributed by atoms with Crippen molar-refractivity contribution in [1.82, 2.24) is 19.9 Å². The Morgan fingerprint density at radius 1 is 1.32 bits per heavy atom. The molecule has 0 amide bonds. The SMILES string of the molecule is C#CCOc1cnc2c(Cc3cnc(F)c([C@@]4(C)N=C(N)S[C@@]5(C(F)F)C[C@@H]45)c3)nccc2n1. The summed E-state index contributed by atoms with van der Waals surface area (Å²) < 4.78 is 46.5. The number of fused-ring (bicyclic) bond motifs is 2. The zero-order valence-corrected chi connectivity index (χ0v) is 18.8. The van der Waals surface area contributed by atoms with Gasteiger partial charge in [-0.3, -0.25) is 9.98 Å². The topological polar surface area (TPSA) is 99.2 Å². The second-order valence-corrected chi connectivity index (χ2v) is 9.78. The quantitative estimate of drug-likeness (QED) is 0.423. The smallest absolute Gasteiger partial charge is 0.253 e. The predicted molar refractivity (Wildman–Crippen MR) is 122 cm³/mol. The van der Waals surface area contributed by atoms with E-state index in [-0.39, 0.29) is 30.2 Å². The molecule has 7 nitrogen and oxygen atoms in total. The van der Waals surface area contributed by atoms with Gasteiger partial charge < -0.3 is 10.5 Å². The second-order valence-electron chi connectivity index (χ2n) is 8.40. The fraction of sp³-hybridized carbons (Fsp3) is 0.348. The minimum Gasteiger partial charge on any atom is -0.463 e. The van der Waals surface area contributed by atoms with E-state index in [1.54, 1.807) is 25.3 Å². The summed E-state index contributed by atoms with van der Waals surface area (Å²) >= 11 is 0.876. The second kappa shape index (κ2) is 8.13. The number of hydrogen-bond acceptors (Lipinski definition) is 8. The highest BCUT2D eigenvalue weighted by atomic mass is 32.2. The van der Waals surface area contributed by atoms with E-state index in [1.807, 2.05) is 0 Å². The first-order valence-corrected chi connectivity index (χ1v) is 11.2. The van der Waals surface area contributed by atoms with Crippen LogP contribution < -0.4 is 10.5 Å². The zero-order chi connectivity index (χ0) is 24.1. The van der Waals surface area contributed by atoms with E-state index < -0.39 is 28.6 Å². The Balaban J connectivity index is 1.49. The van der Waals surface area contributed by atoms with E-state index in [2.05, 4.69) is 30.8 Å². The van der Waals surface area contributed by atoms with Crippen molar-refractivity contribution in [1.29, 1.82) is 0 Å². The molecule has 1 fully saturated rings. The molecule has 3 aromatic rings. The van der Waals surface area contributed by atoms with Gasteiger partial charge in [-0.2, -0.15) is 4.39 Å². The minimum absolute atomic E-state index is 0.0233. The third-order valence-electron chi connectivity index (χ3n) is 6.27. The van der Waals surface area contributed by atoms with Crippen molar-refractivity contribution in [2.24, 2.45) is 16.6 Å². The fourth-order valence-corrected chi connectivity index (χ4v) is 5.88. The van der Waals surface area contributed by atoms with Crippen LogP contribution in [-0.2, 0) is 12.0 Å². The van der Waals surface area contributed by atoms with Crippen molar-refractivity contribution in [2.75, 3.05) is 6.61 Å². The third kappa shape index (κ3) is 3.62. The van der Waals surface area contributed by atoms with Crippen molar-refractivity contribution in [3.05, 3.63) is 53.5 Å². The first-order valence-electron chi connectivity index (χ1n) is 10.4. The molecule has 2 N–H and O–H groups in total. The van der Waals surface area contributed by atoms with Crippen LogP contribution in [0, 0.1) is 24.2 Å². The lowest BCUT2D eigenvalue weighted by Gasteiger charge is -2.33. The molecule has 0 bridgehead atoms. The summed E-state index contributed by atoms with van der Waals surface area (Å²) in [6.45, 7) is 1.71. The maximum absolute atomic E-state index is 14.9. The number of hydrogen-bond donors (Lipinski definition) is 1. The molecule has 11 heteroatoms. The van der Waals surface area contributed by atoms with Gasteiger partial charge in [0.1, 0.15) is 5.52 Å². The summed E-state index contributed by atoms with van der Waals surface area (Å²) in [5, 5.41) is 0.0233. The van der Waals surface area contributed by atoms with Gasteiger partial charge in [-0.1, -0.05) is 17.7 Å². The fourth-order valence-electron chi connectivity index (χ4n) is 4.54. The van der Waals surface area contributed by atoms with Crippen LogP contribution in [0.1, 0.15) is 30.2 Å². The normalized spacial score (nSPS) is 25.5. The number of ether oxygens (including phenoxy) is 1. The van der Waals surface area contributed by atoms with E-state index in [0.29, 0.717) is 28.2 Å². The highest BCUT2D eigenvalue weighted by Crippen LogP contribution is 2.68. The molecule has 1 aliphatic heterocycles. The Hall–Kier alpha value is -3.39. The van der Waals surface area contributed by atoms with Crippen LogP contribution in [0.15, 0.2) is 35.7 Å². The van der Waals surface area contributed by atoms with Gasteiger partial charge in [0.25, 0.3) is 6.43 Å². The molecule has 0 aromatic carbocycles. The summed E-state index contributed by atoms with van der Waals surface area (Å²) in [6, 6.07) is 3.29. The van der Waals surface area contributed by atoms with Gasteiger partial charge in [-0.05, 0) is 31.0 Å². The Bertz CT molecular complexity index is 1360. The Kier molecular flexibility index (Phi) is 5.36. The van der Waals surface area contributed by atoms with E-state index in [0.717, 1.165) is 11.8 Å². The van der Waals surface area contributed by atoms with Gasteiger partial charge in [0.15, 0.2) is 11.8 Å². The van der Waals surface area contributed by atoms with Crippen LogP contribution in [0.3, 0.4) is 0 Å². The number of nitrogens with zero attached hydrogens (tertiary/aromatic N) is 5. The molecule has 174 valence electrons. The molecule has 3 aromatic heterocycles. The summed E-state index contributed by atoms with van der Waals surface area (Å²) in [5.41, 5.74) is 7.11. The molecule has 1 saturated carbocycles. The Labute approximate surface area is 197 Å². The van der Waals surface area contributed by atoms with Crippen molar-refractivity contribution in [3.63, 3.8) is 0 Å². The number of nitrogens with two attached hydrogens (primary N) is 1. The summed E-state index contributed by atoms with van der Waals surface area (Å²) in [5.74, 6) is 1.35. The number of rotatable bonds is 6. The number of halogens is 3. The number of aliphatic imine (C=N–C) groups is 1. The molecule has 1 aliphatic carbocycles. The summed E-state index contributed by atoms with van der Waals surface area (Å²) in [6.07, 6.45) is 7.50. The maximum atomic E-state index is 14.9. The van der Waals surface area contributed by atoms with Gasteiger partial charge >= 0.3 is 0 Å². The molecule has 2 aliphatic rings. The Morgan fingerprint density at radius 3 is 2.91 bits per heavy atom. The first-order chi connectivity index (χ1) is 16.3. The van der Waals surface area contributed by atoms with Crippen LogP contribution in [0.25, 0.3) is 11.0 Å². The van der Waals surface area contributed by atoms with Crippen LogP contribution in [0.5, 0.6) is 5.88 Å². The van der Waals surface area contributed by atoms with E-state index in [4.69, 9.17) is 16.9 Å². The molecule has 5 rings (SSSR count). The summed E-state index contributed by atoms with van der Waals surface area (Å²) in [7, 11) is 0. The molecule has 0 radical (unpaired) electrons. The van der Waals surface area contributed by atoms with Crippen LogP contribution in [-0.4, -0.2) is 42.9 Å². The van der Waals surface area contributed by atoms with E-state index in [1.165, 1.54) is 12.4 Å². The minimum atomic E-state index is -2.59. The first kappa shape index (κ1) is 22.4. The highest BCUT2D eigenvalue weighted by Gasteiger charge is 2.71. The van der Waals surface area contributed by atoms with E-state index >= 15 is 0 Å². The van der Waals surface area contributed by atoms with Gasteiger partial charge in [0.05, 0.1) is 27.7 Å². The molecule has 34 heavy (non-hydrogen) atoms. The number of pyridine rings is 2. The van der Waals surface area contributed by atoms with Crippen molar-refractivity contribution >= 4 is 28.0 Å². The number of aromatic nitrogens is 4. The lowest BCUT2D eigenvalue weighted by atomic mass is 9.86. The zero-order valence-electron chi connectivity index (χ0n) is 18.0. The highest BCUT2D eigenvalue weighted by molar-refractivity contribution is 8.15. The number of amidine groups is 1. The average Bonchev–Trinajstić information content (AvgIpc) is 3.56. The van der Waals surface area contributed by atoms with Gasteiger partial charge in [0.2, 0.25) is 11.8 Å². The standard InChI is InChI=1S/C23H19F3N6OS/c1-3-6-33-17-11-29-18-14(31-17)4-5-28-15(18)8-12-7-13(19(24)30-10-12)22(2)16-9-23(16,20(25)26)34-21(27)32-22/h1,4-5,7,10-11,16,20H,6,8-9H2,2H3,(H2,27,32)/t16-,22+,23-/m0/s1. The van der Waals surface area contributed by atoms with Crippen LogP contribution in [0.4, 0.5) is 13.2 Å². The van der Waals surface area contributed by atoms with Gasteiger partial charge in [0, 0.05) is 30.3 Å². The molecular formula is C23H19F3N6OS. The number of alkyl halides is 2. The number of terminal acetylenes is 1. The molecule has 0 unspecified atom stereocenters. The number of thioether (sulfide) groups is 1. The molecule has 4 heterocycles. The van der Waals surface area contributed by atoms with Crippen molar-refractivity contribution < 1.29 is 17.9 Å². The van der Waals surface area contributed by atoms with Gasteiger partial charge in [-0.25, -0.2) is 23.7 Å². The molecule has 0 saturated heterocycles. The largest absolute Gasteiger partial charge is 0.463 e. The summed E-state index contributed by atoms with van der Waals surface area (Å²) in [4.78, 5) is 21.5. The third-order valence-corrected chi connectivity index (χ3v) is 7.58. The predicted octanol–water partition coefficient (Wildman–Crippen LogP) is 3.46. The van der Waals surface area contributed by atoms with E-state index in [9.17, 15) is 13.2 Å². The van der Waals surface area contributed by atoms with Crippen LogP contribution >= 0.6 is 11.8 Å². The lowest BCUT2D eigenvalue weighted by Crippen LogP contribution is -2.39. The molecule has 0 spiro atoms.